The highest BCUT2D eigenvalue weighted by molar-refractivity contribution is 6.05. The summed E-state index contributed by atoms with van der Waals surface area (Å²) in [5.74, 6) is 0.454. The number of fused-ring (bicyclic) bond motifs is 3. The maximum atomic E-state index is 13.8. The van der Waals surface area contributed by atoms with Crippen molar-refractivity contribution >= 4 is 45.9 Å². The molecule has 4 atom stereocenters. The highest BCUT2D eigenvalue weighted by Crippen LogP contribution is 2.61. The summed E-state index contributed by atoms with van der Waals surface area (Å²) in [6, 6.07) is 21.1. The molecule has 3 aromatic carbocycles. The molecule has 1 aromatic heterocycles. The molecule has 10 rings (SSSR count). The molecule has 2 N–H and O–H groups in total. The van der Waals surface area contributed by atoms with Gasteiger partial charge in [-0.25, -0.2) is 0 Å². The fourth-order valence-corrected chi connectivity index (χ4v) is 11.4. The molecule has 13 nitrogen and oxygen atoms in total. The predicted molar refractivity (Wildman–Crippen MR) is 226 cm³/mol. The van der Waals surface area contributed by atoms with Crippen LogP contribution in [0.4, 0.5) is 11.4 Å². The number of benzene rings is 3. The van der Waals surface area contributed by atoms with E-state index in [4.69, 9.17) is 4.74 Å². The van der Waals surface area contributed by atoms with Gasteiger partial charge in [-0.2, -0.15) is 5.26 Å². The minimum absolute atomic E-state index is 0.109. The number of nitrogens with one attached hydrogen (secondary N) is 2. The number of hydrogen-bond donors (Lipinski definition) is 2. The molecule has 1 saturated carbocycles. The molecule has 1 aliphatic carbocycles. The van der Waals surface area contributed by atoms with E-state index in [2.05, 4.69) is 75.4 Å². The summed E-state index contributed by atoms with van der Waals surface area (Å²) in [6.45, 7) is 13.7. The van der Waals surface area contributed by atoms with Crippen molar-refractivity contribution in [2.45, 2.75) is 76.6 Å². The number of carbonyl (C=O) groups excluding carboxylic acids is 4. The zero-order chi connectivity index (χ0) is 41.5. The smallest absolute Gasteiger partial charge is 0.255 e. The third kappa shape index (κ3) is 6.09. The molecule has 0 spiro atoms. The Morgan fingerprint density at radius 2 is 1.65 bits per heavy atom. The van der Waals surface area contributed by atoms with E-state index in [0.29, 0.717) is 41.1 Å². The second kappa shape index (κ2) is 14.3. The molecule has 60 heavy (non-hydrogen) atoms. The monoisotopic (exact) mass is 806 g/mol. The number of nitrogens with zero attached hydrogens (tertiary/aromatic N) is 6. The van der Waals surface area contributed by atoms with Crippen LogP contribution in [0.5, 0.6) is 5.75 Å². The van der Waals surface area contributed by atoms with Gasteiger partial charge in [-0.3, -0.25) is 34.4 Å². The van der Waals surface area contributed by atoms with Crippen molar-refractivity contribution in [1.82, 2.24) is 25.4 Å². The van der Waals surface area contributed by atoms with Crippen molar-refractivity contribution in [3.05, 3.63) is 94.7 Å². The minimum Gasteiger partial charge on any atom is -0.488 e. The largest absolute Gasteiger partial charge is 0.488 e. The zero-order valence-corrected chi connectivity index (χ0v) is 34.4. The van der Waals surface area contributed by atoms with E-state index in [-0.39, 0.29) is 47.6 Å². The fourth-order valence-electron chi connectivity index (χ4n) is 11.4. The van der Waals surface area contributed by atoms with E-state index in [1.807, 2.05) is 36.4 Å². The molecule has 308 valence electrons. The minimum atomic E-state index is -0.603. The van der Waals surface area contributed by atoms with Crippen LogP contribution in [0.1, 0.15) is 83.9 Å². The first-order valence-electron chi connectivity index (χ1n) is 21.3. The highest BCUT2D eigenvalue weighted by atomic mass is 16.5. The number of piperidine rings is 2. The summed E-state index contributed by atoms with van der Waals surface area (Å²) in [5, 5.41) is 16.4. The van der Waals surface area contributed by atoms with Crippen LogP contribution in [-0.2, 0) is 21.5 Å². The van der Waals surface area contributed by atoms with Gasteiger partial charge in [0.1, 0.15) is 24.0 Å². The van der Waals surface area contributed by atoms with E-state index < -0.39 is 11.5 Å². The van der Waals surface area contributed by atoms with Crippen LogP contribution < -0.4 is 25.2 Å². The lowest BCUT2D eigenvalue weighted by Gasteiger charge is -2.66. The Hall–Kier alpha value is -6.00. The first-order chi connectivity index (χ1) is 28.9. The third-order valence-corrected chi connectivity index (χ3v) is 14.5. The van der Waals surface area contributed by atoms with Crippen LogP contribution >= 0.6 is 0 Å². The van der Waals surface area contributed by atoms with Crippen molar-refractivity contribution in [2.75, 3.05) is 55.6 Å². The average molecular weight is 807 g/mol. The van der Waals surface area contributed by atoms with E-state index >= 15 is 0 Å². The van der Waals surface area contributed by atoms with E-state index in [9.17, 15) is 24.4 Å². The Kier molecular flexibility index (Phi) is 9.13. The van der Waals surface area contributed by atoms with E-state index in [1.165, 1.54) is 0 Å². The van der Waals surface area contributed by atoms with Crippen molar-refractivity contribution in [2.24, 2.45) is 11.3 Å². The van der Waals surface area contributed by atoms with Crippen LogP contribution in [0.15, 0.2) is 66.9 Å². The summed E-state index contributed by atoms with van der Waals surface area (Å²) in [5.41, 5.74) is 5.83. The van der Waals surface area contributed by atoms with Crippen molar-refractivity contribution in [1.29, 1.82) is 5.26 Å². The number of hydrogen-bond acceptors (Lipinski definition) is 10. The Balaban J connectivity index is 0.713. The Morgan fingerprint density at radius 3 is 2.38 bits per heavy atom. The lowest BCUT2D eigenvalue weighted by Crippen LogP contribution is -2.78. The highest BCUT2D eigenvalue weighted by Gasteiger charge is 2.69. The van der Waals surface area contributed by atoms with Crippen molar-refractivity contribution < 1.29 is 23.9 Å². The predicted octanol–water partition coefficient (Wildman–Crippen LogP) is 4.76. The van der Waals surface area contributed by atoms with E-state index in [0.717, 1.165) is 92.3 Å². The molecule has 4 fully saturated rings. The van der Waals surface area contributed by atoms with Crippen LogP contribution in [0, 0.1) is 22.7 Å². The number of nitriles is 1. The van der Waals surface area contributed by atoms with Gasteiger partial charge >= 0.3 is 0 Å². The zero-order valence-electron chi connectivity index (χ0n) is 34.4. The third-order valence-electron chi connectivity index (χ3n) is 14.5. The molecule has 3 saturated heterocycles. The SMILES string of the molecule is CC1(C)C(NC(=O)c2ccc(N3CCC(CN4CCN(c5ccc6c(c5)CN([C@H]5CCC(=O)NC5=O)C6=O)CC4)CC3)cc2)C2(C)c3ccnc4c(C#N)ccc(c34)O[C@@H]12. The van der Waals surface area contributed by atoms with Gasteiger partial charge in [-0.15, -0.1) is 0 Å². The topological polar surface area (TPSA) is 151 Å². The maximum Gasteiger partial charge on any atom is 0.255 e. The summed E-state index contributed by atoms with van der Waals surface area (Å²) in [6.07, 6.45) is 4.45. The molecule has 5 aliphatic heterocycles. The lowest BCUT2D eigenvalue weighted by atomic mass is 9.45. The second-order valence-corrected chi connectivity index (χ2v) is 18.3. The number of pyridine rings is 1. The number of ether oxygens (including phenoxy) is 1. The van der Waals surface area contributed by atoms with Gasteiger partial charge in [0.2, 0.25) is 11.8 Å². The number of carbonyl (C=O) groups is 4. The second-order valence-electron chi connectivity index (χ2n) is 18.3. The van der Waals surface area contributed by atoms with Gasteiger partial charge in [-0.1, -0.05) is 13.8 Å². The first-order valence-corrected chi connectivity index (χ1v) is 21.3. The fraction of sp³-hybridized carbons (Fsp3) is 0.447. The molecular formula is C47H50N8O5. The molecule has 6 aliphatic rings. The molecule has 6 heterocycles. The standard InChI is InChI=1S/C47H50N8O5/c1-46(2)44(47(3)35-14-17-49-40-30(25-48)6-12-37(39(35)40)60-45(46)47)51-41(57)29-4-7-32(8-5-29)53-18-15-28(16-19-53)26-52-20-22-54(23-21-52)33-9-10-34-31(24-33)27-55(43(34)59)36-11-13-38(56)50-42(36)58/h4-10,12,14,17,24,28,36,44-45H,11,13,15-16,18-23,26-27H2,1-3H3,(H,51,57)(H,50,56,58)/t36-,44?,45-,47?/m0/s1. The van der Waals surface area contributed by atoms with Crippen molar-refractivity contribution in [3.63, 3.8) is 0 Å². The van der Waals surface area contributed by atoms with Crippen LogP contribution in [0.2, 0.25) is 0 Å². The number of anilines is 2. The molecule has 2 unspecified atom stereocenters. The van der Waals surface area contributed by atoms with Crippen LogP contribution in [0.25, 0.3) is 10.9 Å². The number of imide groups is 1. The molecule has 4 amide bonds. The van der Waals surface area contributed by atoms with Gasteiger partial charge < -0.3 is 24.8 Å². The van der Waals surface area contributed by atoms with Gasteiger partial charge in [0, 0.05) is 98.3 Å². The summed E-state index contributed by atoms with van der Waals surface area (Å²) >= 11 is 0. The molecular weight excluding hydrogens is 757 g/mol. The molecule has 0 radical (unpaired) electrons. The summed E-state index contributed by atoms with van der Waals surface area (Å²) in [4.78, 5) is 64.7. The van der Waals surface area contributed by atoms with Gasteiger partial charge in [-0.05, 0) is 104 Å². The summed E-state index contributed by atoms with van der Waals surface area (Å²) in [7, 11) is 0. The molecule has 13 heteroatoms. The van der Waals surface area contributed by atoms with Gasteiger partial charge in [0.05, 0.1) is 22.5 Å². The Morgan fingerprint density at radius 1 is 0.917 bits per heavy atom. The molecule has 0 bridgehead atoms. The van der Waals surface area contributed by atoms with Crippen molar-refractivity contribution in [3.8, 4) is 11.8 Å². The van der Waals surface area contributed by atoms with Crippen LogP contribution in [0.3, 0.4) is 0 Å². The van der Waals surface area contributed by atoms with Gasteiger partial charge in [0.25, 0.3) is 11.8 Å². The van der Waals surface area contributed by atoms with Crippen LogP contribution in [-0.4, -0.2) is 102 Å². The Bertz CT molecular complexity index is 2480. The normalized spacial score (nSPS) is 26.1. The van der Waals surface area contributed by atoms with E-state index in [1.54, 1.807) is 17.2 Å². The number of piperazine rings is 1. The summed E-state index contributed by atoms with van der Waals surface area (Å²) < 4.78 is 6.59. The Labute approximate surface area is 349 Å². The lowest BCUT2D eigenvalue weighted by molar-refractivity contribution is -0.136. The first kappa shape index (κ1) is 38.2. The average Bonchev–Trinajstić information content (AvgIpc) is 3.59. The quantitative estimate of drug-likeness (QED) is 0.250. The number of rotatable bonds is 7. The maximum absolute atomic E-state index is 13.8. The number of aromatic nitrogens is 1. The molecule has 4 aromatic rings. The van der Waals surface area contributed by atoms with Gasteiger partial charge in [0.15, 0.2) is 0 Å². The number of amides is 4.